The van der Waals surface area contributed by atoms with Gasteiger partial charge < -0.3 is 20.1 Å². The van der Waals surface area contributed by atoms with Crippen LogP contribution in [0.5, 0.6) is 11.5 Å². The van der Waals surface area contributed by atoms with Crippen molar-refractivity contribution in [2.75, 3.05) is 37.1 Å². The maximum absolute atomic E-state index is 12.5. The van der Waals surface area contributed by atoms with E-state index in [2.05, 4.69) is 32.4 Å². The summed E-state index contributed by atoms with van der Waals surface area (Å²) < 4.78 is 10.8. The van der Waals surface area contributed by atoms with Crippen molar-refractivity contribution in [2.45, 2.75) is 19.3 Å². The second-order valence-corrected chi connectivity index (χ2v) is 8.53. The number of anilines is 3. The van der Waals surface area contributed by atoms with Crippen molar-refractivity contribution in [3.8, 4) is 34.6 Å². The molecule has 4 heterocycles. The molecule has 6 rings (SSSR count). The van der Waals surface area contributed by atoms with E-state index in [1.54, 1.807) is 6.20 Å². The molecule has 3 aliphatic rings. The van der Waals surface area contributed by atoms with Crippen LogP contribution in [0.15, 0.2) is 42.6 Å². The third-order valence-electron chi connectivity index (χ3n) is 6.13. The van der Waals surface area contributed by atoms with Gasteiger partial charge in [-0.25, -0.2) is 9.97 Å². The van der Waals surface area contributed by atoms with Gasteiger partial charge in [0.15, 0.2) is 11.5 Å². The molecule has 1 fully saturated rings. The van der Waals surface area contributed by atoms with Crippen LogP contribution in [0.4, 0.5) is 17.3 Å². The average Bonchev–Trinajstić information content (AvgIpc) is 3.50. The van der Waals surface area contributed by atoms with E-state index in [-0.39, 0.29) is 19.1 Å². The predicted molar refractivity (Wildman–Crippen MR) is 128 cm³/mol. The zero-order chi connectivity index (χ0) is 22.9. The normalized spacial score (nSPS) is 16.1. The zero-order valence-electron chi connectivity index (χ0n) is 18.6. The number of carbonyl (C=O) groups excluding carboxylic acids is 1. The summed E-state index contributed by atoms with van der Waals surface area (Å²) in [6, 6.07) is 11.4. The van der Waals surface area contributed by atoms with Gasteiger partial charge >= 0.3 is 0 Å². The van der Waals surface area contributed by atoms with Gasteiger partial charge in [-0.1, -0.05) is 11.8 Å². The number of nitrogens with zero attached hydrogens (tertiary/aromatic N) is 3. The van der Waals surface area contributed by atoms with Gasteiger partial charge in [0, 0.05) is 34.6 Å². The SMILES string of the molecule is O=C1Cc2cnc(Nc3ccc4c(c3)OCO4)nc2-c2cc(C#CCN3CCCC3)ccc2N1. The quantitative estimate of drug-likeness (QED) is 0.586. The summed E-state index contributed by atoms with van der Waals surface area (Å²) in [6.07, 6.45) is 4.42. The number of fused-ring (bicyclic) bond motifs is 4. The molecule has 2 N–H and O–H groups in total. The molecule has 0 bridgehead atoms. The van der Waals surface area contributed by atoms with Crippen LogP contribution in [0.2, 0.25) is 0 Å². The van der Waals surface area contributed by atoms with E-state index >= 15 is 0 Å². The highest BCUT2D eigenvalue weighted by atomic mass is 16.7. The van der Waals surface area contributed by atoms with E-state index in [0.29, 0.717) is 17.4 Å². The van der Waals surface area contributed by atoms with Crippen LogP contribution >= 0.6 is 0 Å². The third kappa shape index (κ3) is 4.14. The standard InChI is InChI=1S/C26H23N5O3/c32-24-13-18-15-27-26(28-19-6-8-22-23(14-19)34-16-33-22)30-25(18)20-12-17(5-7-21(20)29-24)4-3-11-31-9-1-2-10-31/h5-8,12,14-15H,1-2,9-11,13,16H2,(H,29,32)(H,27,28,30). The second kappa shape index (κ2) is 8.69. The summed E-state index contributed by atoms with van der Waals surface area (Å²) in [5.74, 6) is 8.29. The smallest absolute Gasteiger partial charge is 0.231 e. The van der Waals surface area contributed by atoms with Crippen molar-refractivity contribution in [1.82, 2.24) is 14.9 Å². The monoisotopic (exact) mass is 453 g/mol. The Hall–Kier alpha value is -4.09. The minimum absolute atomic E-state index is 0.0899. The molecule has 0 unspecified atom stereocenters. The molecule has 0 saturated carbocycles. The molecule has 8 heteroatoms. The van der Waals surface area contributed by atoms with Gasteiger partial charge in [0.05, 0.1) is 24.3 Å². The van der Waals surface area contributed by atoms with Gasteiger partial charge in [0.2, 0.25) is 18.6 Å². The van der Waals surface area contributed by atoms with Gasteiger partial charge in [0.25, 0.3) is 0 Å². The fraction of sp³-hybridized carbons (Fsp3) is 0.269. The Kier molecular flexibility index (Phi) is 5.24. The van der Waals surface area contributed by atoms with Crippen molar-refractivity contribution in [3.05, 3.63) is 53.7 Å². The highest BCUT2D eigenvalue weighted by Gasteiger charge is 2.22. The van der Waals surface area contributed by atoms with Gasteiger partial charge in [0.1, 0.15) is 0 Å². The summed E-state index contributed by atoms with van der Waals surface area (Å²) in [6.45, 7) is 3.23. The fourth-order valence-corrected chi connectivity index (χ4v) is 4.42. The Balaban J connectivity index is 1.32. The number of rotatable bonds is 3. The number of amides is 1. The van der Waals surface area contributed by atoms with Crippen LogP contribution in [0.1, 0.15) is 24.0 Å². The van der Waals surface area contributed by atoms with Crippen LogP contribution in [0.3, 0.4) is 0 Å². The highest BCUT2D eigenvalue weighted by Crippen LogP contribution is 2.36. The van der Waals surface area contributed by atoms with Crippen LogP contribution in [0, 0.1) is 11.8 Å². The summed E-state index contributed by atoms with van der Waals surface area (Å²) >= 11 is 0. The van der Waals surface area contributed by atoms with Gasteiger partial charge in [-0.3, -0.25) is 9.69 Å². The molecule has 1 amide bonds. The maximum atomic E-state index is 12.5. The average molecular weight is 454 g/mol. The molecular weight excluding hydrogens is 430 g/mol. The Morgan fingerprint density at radius 1 is 1.09 bits per heavy atom. The first-order valence-corrected chi connectivity index (χ1v) is 11.4. The molecule has 170 valence electrons. The Morgan fingerprint density at radius 2 is 1.97 bits per heavy atom. The summed E-state index contributed by atoms with van der Waals surface area (Å²) in [7, 11) is 0. The topological polar surface area (TPSA) is 88.6 Å². The van der Waals surface area contributed by atoms with E-state index in [4.69, 9.17) is 14.5 Å². The van der Waals surface area contributed by atoms with Crippen molar-refractivity contribution in [1.29, 1.82) is 0 Å². The summed E-state index contributed by atoms with van der Waals surface area (Å²) in [4.78, 5) is 24.0. The molecule has 1 saturated heterocycles. The molecule has 0 atom stereocenters. The lowest BCUT2D eigenvalue weighted by atomic mass is 10.0. The molecule has 3 aromatic rings. The Morgan fingerprint density at radius 3 is 2.88 bits per heavy atom. The van der Waals surface area contributed by atoms with Crippen LogP contribution in [-0.2, 0) is 11.2 Å². The third-order valence-corrected chi connectivity index (χ3v) is 6.13. The first-order valence-electron chi connectivity index (χ1n) is 11.4. The van der Waals surface area contributed by atoms with E-state index in [9.17, 15) is 4.79 Å². The molecule has 3 aliphatic heterocycles. The number of carbonyl (C=O) groups is 1. The van der Waals surface area contributed by atoms with Crippen molar-refractivity contribution >= 4 is 23.2 Å². The molecule has 0 spiro atoms. The first-order chi connectivity index (χ1) is 16.7. The number of nitrogens with one attached hydrogen (secondary N) is 2. The van der Waals surface area contributed by atoms with E-state index < -0.39 is 0 Å². The van der Waals surface area contributed by atoms with E-state index in [0.717, 1.165) is 53.4 Å². The molecule has 1 aromatic heterocycles. The number of hydrogen-bond donors (Lipinski definition) is 2. The van der Waals surface area contributed by atoms with Gasteiger partial charge in [-0.05, 0) is 56.3 Å². The fourth-order valence-electron chi connectivity index (χ4n) is 4.42. The highest BCUT2D eigenvalue weighted by molar-refractivity contribution is 6.00. The minimum atomic E-state index is -0.0899. The van der Waals surface area contributed by atoms with Crippen molar-refractivity contribution in [3.63, 3.8) is 0 Å². The Bertz CT molecular complexity index is 1340. The second-order valence-electron chi connectivity index (χ2n) is 8.53. The van der Waals surface area contributed by atoms with Crippen molar-refractivity contribution in [2.24, 2.45) is 0 Å². The van der Waals surface area contributed by atoms with Crippen LogP contribution < -0.4 is 20.1 Å². The van der Waals surface area contributed by atoms with Crippen LogP contribution in [0.25, 0.3) is 11.3 Å². The number of ether oxygens (including phenoxy) is 2. The molecule has 8 nitrogen and oxygen atoms in total. The number of benzene rings is 2. The zero-order valence-corrected chi connectivity index (χ0v) is 18.6. The van der Waals surface area contributed by atoms with E-state index in [1.165, 1.54) is 12.8 Å². The van der Waals surface area contributed by atoms with Crippen LogP contribution in [-0.4, -0.2) is 47.2 Å². The number of aromatic nitrogens is 2. The lowest BCUT2D eigenvalue weighted by Crippen LogP contribution is -2.18. The lowest BCUT2D eigenvalue weighted by Gasteiger charge is -2.11. The summed E-state index contributed by atoms with van der Waals surface area (Å²) in [5.41, 5.74) is 4.73. The largest absolute Gasteiger partial charge is 0.454 e. The minimum Gasteiger partial charge on any atom is -0.454 e. The predicted octanol–water partition coefficient (Wildman–Crippen LogP) is 3.56. The van der Waals surface area contributed by atoms with E-state index in [1.807, 2.05) is 36.4 Å². The van der Waals surface area contributed by atoms with Gasteiger partial charge in [-0.2, -0.15) is 0 Å². The maximum Gasteiger partial charge on any atom is 0.231 e. The molecule has 34 heavy (non-hydrogen) atoms. The first kappa shape index (κ1) is 20.5. The van der Waals surface area contributed by atoms with Crippen molar-refractivity contribution < 1.29 is 14.3 Å². The lowest BCUT2D eigenvalue weighted by molar-refractivity contribution is -0.115. The Labute approximate surface area is 197 Å². The summed E-state index contributed by atoms with van der Waals surface area (Å²) in [5, 5.41) is 6.21. The number of hydrogen-bond acceptors (Lipinski definition) is 7. The van der Waals surface area contributed by atoms with Gasteiger partial charge in [-0.15, -0.1) is 0 Å². The molecular formula is C26H23N5O3. The molecule has 0 aliphatic carbocycles. The number of likely N-dealkylation sites (tertiary alicyclic amines) is 1. The molecule has 0 radical (unpaired) electrons. The molecule has 2 aromatic carbocycles.